The Hall–Kier alpha value is -3.80. The highest BCUT2D eigenvalue weighted by Gasteiger charge is 2.13. The van der Waals surface area contributed by atoms with Gasteiger partial charge >= 0.3 is 0 Å². The fraction of sp³-hybridized carbons (Fsp3) is 0.200. The molecular formula is C25H26N2O4. The Morgan fingerprint density at radius 2 is 1.61 bits per heavy atom. The van der Waals surface area contributed by atoms with Crippen molar-refractivity contribution in [3.05, 3.63) is 89.5 Å². The predicted octanol–water partition coefficient (Wildman–Crippen LogP) is 4.38. The Morgan fingerprint density at radius 1 is 0.871 bits per heavy atom. The highest BCUT2D eigenvalue weighted by atomic mass is 16.5. The number of hydrogen-bond acceptors (Lipinski definition) is 4. The van der Waals surface area contributed by atoms with E-state index in [0.717, 1.165) is 11.1 Å². The van der Waals surface area contributed by atoms with Crippen LogP contribution in [0.2, 0.25) is 0 Å². The minimum atomic E-state index is -0.221. The van der Waals surface area contributed by atoms with Crippen LogP contribution >= 0.6 is 0 Å². The largest absolute Gasteiger partial charge is 0.493 e. The third-order valence-electron chi connectivity index (χ3n) is 4.87. The Labute approximate surface area is 182 Å². The van der Waals surface area contributed by atoms with Gasteiger partial charge in [-0.25, -0.2) is 0 Å². The second-order valence-corrected chi connectivity index (χ2v) is 7.10. The molecule has 0 aliphatic carbocycles. The number of ether oxygens (including phenoxy) is 2. The van der Waals surface area contributed by atoms with Gasteiger partial charge in [-0.3, -0.25) is 9.59 Å². The zero-order valence-electron chi connectivity index (χ0n) is 17.8. The van der Waals surface area contributed by atoms with Gasteiger partial charge in [0.05, 0.1) is 26.7 Å². The van der Waals surface area contributed by atoms with Crippen molar-refractivity contribution in [3.63, 3.8) is 0 Å². The van der Waals surface area contributed by atoms with Crippen LogP contribution < -0.4 is 20.1 Å². The third-order valence-corrected chi connectivity index (χ3v) is 4.87. The minimum Gasteiger partial charge on any atom is -0.493 e. The molecule has 160 valence electrons. The monoisotopic (exact) mass is 418 g/mol. The average molecular weight is 418 g/mol. The van der Waals surface area contributed by atoms with Crippen LogP contribution in [0.3, 0.4) is 0 Å². The molecule has 3 aromatic rings. The highest BCUT2D eigenvalue weighted by molar-refractivity contribution is 6.04. The van der Waals surface area contributed by atoms with E-state index in [9.17, 15) is 9.59 Å². The zero-order valence-corrected chi connectivity index (χ0v) is 17.8. The number of carbonyl (C=O) groups is 2. The minimum absolute atomic E-state index is 0.113. The molecule has 0 bridgehead atoms. The molecule has 31 heavy (non-hydrogen) atoms. The van der Waals surface area contributed by atoms with Crippen LogP contribution in [0, 0.1) is 0 Å². The van der Waals surface area contributed by atoms with Gasteiger partial charge in [0, 0.05) is 11.3 Å². The van der Waals surface area contributed by atoms with Crippen LogP contribution in [0.5, 0.6) is 11.5 Å². The van der Waals surface area contributed by atoms with E-state index in [1.165, 1.54) is 0 Å². The lowest BCUT2D eigenvalue weighted by atomic mass is 10.1. The summed E-state index contributed by atoms with van der Waals surface area (Å²) in [6.45, 7) is 1.91. The van der Waals surface area contributed by atoms with Crippen molar-refractivity contribution in [2.24, 2.45) is 0 Å². The summed E-state index contributed by atoms with van der Waals surface area (Å²) in [5, 5.41) is 5.89. The molecule has 0 heterocycles. The second-order valence-electron chi connectivity index (χ2n) is 7.10. The molecule has 0 fully saturated rings. The summed E-state index contributed by atoms with van der Waals surface area (Å²) in [6, 6.07) is 21.7. The molecule has 6 heteroatoms. The summed E-state index contributed by atoms with van der Waals surface area (Å²) < 4.78 is 10.5. The molecule has 0 saturated carbocycles. The average Bonchev–Trinajstić information content (AvgIpc) is 2.79. The SMILES string of the molecule is COc1ccc(CC(=O)NC(C)c2cccc(NC(=O)c3ccccc3)c2)cc1OC. The van der Waals surface area contributed by atoms with Gasteiger partial charge in [0.1, 0.15) is 0 Å². The highest BCUT2D eigenvalue weighted by Crippen LogP contribution is 2.27. The molecule has 2 amide bonds. The van der Waals surface area contributed by atoms with Crippen LogP contribution in [0.4, 0.5) is 5.69 Å². The van der Waals surface area contributed by atoms with E-state index in [4.69, 9.17) is 9.47 Å². The molecule has 2 N–H and O–H groups in total. The van der Waals surface area contributed by atoms with Crippen molar-refractivity contribution in [2.75, 3.05) is 19.5 Å². The number of carbonyl (C=O) groups excluding carboxylic acids is 2. The molecule has 1 unspecified atom stereocenters. The number of amides is 2. The van der Waals surface area contributed by atoms with Crippen molar-refractivity contribution in [1.29, 1.82) is 0 Å². The number of hydrogen-bond donors (Lipinski definition) is 2. The first-order valence-corrected chi connectivity index (χ1v) is 9.96. The summed E-state index contributed by atoms with van der Waals surface area (Å²) in [7, 11) is 3.13. The summed E-state index contributed by atoms with van der Waals surface area (Å²) >= 11 is 0. The first kappa shape index (κ1) is 21.9. The van der Waals surface area contributed by atoms with E-state index in [-0.39, 0.29) is 24.3 Å². The van der Waals surface area contributed by atoms with Crippen LogP contribution in [0.15, 0.2) is 72.8 Å². The predicted molar refractivity (Wildman–Crippen MR) is 121 cm³/mol. The van der Waals surface area contributed by atoms with Crippen LogP contribution in [0.1, 0.15) is 34.5 Å². The second kappa shape index (κ2) is 10.3. The summed E-state index contributed by atoms with van der Waals surface area (Å²) in [6.07, 6.45) is 0.217. The normalized spacial score (nSPS) is 11.3. The Bertz CT molecular complexity index is 1050. The van der Waals surface area contributed by atoms with Crippen molar-refractivity contribution in [2.45, 2.75) is 19.4 Å². The van der Waals surface area contributed by atoms with Crippen molar-refractivity contribution in [3.8, 4) is 11.5 Å². The maximum atomic E-state index is 12.5. The van der Waals surface area contributed by atoms with Gasteiger partial charge in [0.25, 0.3) is 5.91 Å². The van der Waals surface area contributed by atoms with E-state index in [1.54, 1.807) is 38.5 Å². The Kier molecular flexibility index (Phi) is 7.27. The quantitative estimate of drug-likeness (QED) is 0.569. The molecule has 1 atom stereocenters. The maximum absolute atomic E-state index is 12.5. The van der Waals surface area contributed by atoms with Crippen LogP contribution in [-0.2, 0) is 11.2 Å². The fourth-order valence-corrected chi connectivity index (χ4v) is 3.23. The van der Waals surface area contributed by atoms with E-state index < -0.39 is 0 Å². The van der Waals surface area contributed by atoms with E-state index >= 15 is 0 Å². The van der Waals surface area contributed by atoms with Gasteiger partial charge in [0.2, 0.25) is 5.91 Å². The van der Waals surface area contributed by atoms with Gasteiger partial charge in [-0.2, -0.15) is 0 Å². The van der Waals surface area contributed by atoms with Crippen molar-refractivity contribution >= 4 is 17.5 Å². The van der Waals surface area contributed by atoms with Gasteiger partial charge in [-0.15, -0.1) is 0 Å². The molecule has 0 aliphatic heterocycles. The van der Waals surface area contributed by atoms with E-state index in [1.807, 2.05) is 55.5 Å². The molecule has 0 spiro atoms. The third kappa shape index (κ3) is 5.85. The van der Waals surface area contributed by atoms with Crippen molar-refractivity contribution < 1.29 is 19.1 Å². The first-order valence-electron chi connectivity index (χ1n) is 9.96. The standard InChI is InChI=1S/C25H26N2O4/c1-17(26-24(28)15-18-12-13-22(30-2)23(14-18)31-3)20-10-7-11-21(16-20)27-25(29)19-8-5-4-6-9-19/h4-14,16-17H,15H2,1-3H3,(H,26,28)(H,27,29). The first-order chi connectivity index (χ1) is 15.0. The Balaban J connectivity index is 1.62. The molecule has 3 aromatic carbocycles. The maximum Gasteiger partial charge on any atom is 0.255 e. The van der Waals surface area contributed by atoms with Crippen LogP contribution in [0.25, 0.3) is 0 Å². The lowest BCUT2D eigenvalue weighted by Crippen LogP contribution is -2.28. The lowest BCUT2D eigenvalue weighted by Gasteiger charge is -2.16. The number of methoxy groups -OCH3 is 2. The number of benzene rings is 3. The van der Waals surface area contributed by atoms with Gasteiger partial charge in [0.15, 0.2) is 11.5 Å². The molecule has 3 rings (SSSR count). The van der Waals surface area contributed by atoms with Gasteiger partial charge in [-0.05, 0) is 54.4 Å². The summed E-state index contributed by atoms with van der Waals surface area (Å²) in [4.78, 5) is 24.9. The van der Waals surface area contributed by atoms with E-state index in [0.29, 0.717) is 22.7 Å². The number of nitrogens with one attached hydrogen (secondary N) is 2. The van der Waals surface area contributed by atoms with Gasteiger partial charge < -0.3 is 20.1 Å². The summed E-state index contributed by atoms with van der Waals surface area (Å²) in [5.74, 6) is 0.915. The Morgan fingerprint density at radius 3 is 2.32 bits per heavy atom. The van der Waals surface area contributed by atoms with Gasteiger partial charge in [-0.1, -0.05) is 36.4 Å². The topological polar surface area (TPSA) is 76.7 Å². The van der Waals surface area contributed by atoms with E-state index in [2.05, 4.69) is 10.6 Å². The number of anilines is 1. The van der Waals surface area contributed by atoms with Crippen molar-refractivity contribution in [1.82, 2.24) is 5.32 Å². The summed E-state index contributed by atoms with van der Waals surface area (Å²) in [5.41, 5.74) is 2.98. The number of rotatable bonds is 8. The molecule has 6 nitrogen and oxygen atoms in total. The molecule has 0 aliphatic rings. The molecule has 0 radical (unpaired) electrons. The molecular weight excluding hydrogens is 392 g/mol. The zero-order chi connectivity index (χ0) is 22.2. The smallest absolute Gasteiger partial charge is 0.255 e. The molecule has 0 saturated heterocycles. The lowest BCUT2D eigenvalue weighted by molar-refractivity contribution is -0.121. The van der Waals surface area contributed by atoms with Crippen LogP contribution in [-0.4, -0.2) is 26.0 Å². The molecule has 0 aromatic heterocycles. The fourth-order valence-electron chi connectivity index (χ4n) is 3.23.